The van der Waals surface area contributed by atoms with Gasteiger partial charge in [-0.3, -0.25) is 9.36 Å². The van der Waals surface area contributed by atoms with Crippen LogP contribution in [-0.2, 0) is 16.1 Å². The highest BCUT2D eigenvalue weighted by Crippen LogP contribution is 2.38. The number of esters is 1. The van der Waals surface area contributed by atoms with Gasteiger partial charge in [-0.05, 0) is 83.4 Å². The smallest absolute Gasteiger partial charge is 0.337 e. The van der Waals surface area contributed by atoms with Crippen LogP contribution in [-0.4, -0.2) is 38.0 Å². The van der Waals surface area contributed by atoms with Gasteiger partial charge >= 0.3 is 5.97 Å². The van der Waals surface area contributed by atoms with Crippen LogP contribution in [0.4, 0.5) is 0 Å². The van der Waals surface area contributed by atoms with E-state index in [-0.39, 0.29) is 17.7 Å². The number of halogens is 3. The van der Waals surface area contributed by atoms with Crippen LogP contribution in [0.15, 0.2) is 74.6 Å². The van der Waals surface area contributed by atoms with E-state index in [2.05, 4.69) is 20.9 Å². The Morgan fingerprint density at radius 1 is 1.00 bits per heavy atom. The fraction of sp³-hybridized carbons (Fsp3) is 0.242. The number of rotatable bonds is 11. The SMILES string of the molecule is CCOc1ccc([C@@H]2C(C(=O)OC)=CN=c3s/c(=C\c4cc(Br)c(OCc5ccc(Cl)cc5Cl)c(OC)c4)c(=O)n32)cc1OCC. The zero-order valence-corrected chi connectivity index (χ0v) is 29.2. The molecular formula is C33H29BrCl2N2O7S. The highest BCUT2D eigenvalue weighted by atomic mass is 79.9. The summed E-state index contributed by atoms with van der Waals surface area (Å²) < 4.78 is 30.8. The maximum absolute atomic E-state index is 14.0. The summed E-state index contributed by atoms with van der Waals surface area (Å²) in [5.74, 6) is 1.38. The van der Waals surface area contributed by atoms with Crippen LogP contribution in [0.1, 0.15) is 36.6 Å². The van der Waals surface area contributed by atoms with Crippen molar-refractivity contribution in [2.75, 3.05) is 27.4 Å². The molecule has 9 nitrogen and oxygen atoms in total. The third kappa shape index (κ3) is 6.97. The quantitative estimate of drug-likeness (QED) is 0.162. The van der Waals surface area contributed by atoms with E-state index in [9.17, 15) is 9.59 Å². The second kappa shape index (κ2) is 14.8. The minimum absolute atomic E-state index is 0.183. The number of aromatic nitrogens is 1. The topological polar surface area (TPSA) is 97.6 Å². The largest absolute Gasteiger partial charge is 0.493 e. The van der Waals surface area contributed by atoms with Crippen molar-refractivity contribution in [2.24, 2.45) is 4.99 Å². The molecule has 46 heavy (non-hydrogen) atoms. The van der Waals surface area contributed by atoms with Gasteiger partial charge in [-0.1, -0.05) is 46.7 Å². The van der Waals surface area contributed by atoms with E-state index in [0.29, 0.717) is 71.2 Å². The highest BCUT2D eigenvalue weighted by Gasteiger charge is 2.31. The van der Waals surface area contributed by atoms with Crippen LogP contribution in [0.2, 0.25) is 10.0 Å². The van der Waals surface area contributed by atoms with Gasteiger partial charge in [0, 0.05) is 21.8 Å². The molecule has 1 aliphatic heterocycles. The second-order valence-electron chi connectivity index (χ2n) is 9.81. The maximum Gasteiger partial charge on any atom is 0.337 e. The molecule has 0 bridgehead atoms. The lowest BCUT2D eigenvalue weighted by Crippen LogP contribution is -2.39. The van der Waals surface area contributed by atoms with Crippen LogP contribution in [0.5, 0.6) is 23.0 Å². The number of thiazole rings is 1. The first-order valence-electron chi connectivity index (χ1n) is 14.1. The number of carbonyl (C=O) groups is 1. The van der Waals surface area contributed by atoms with Gasteiger partial charge in [0.05, 0.1) is 48.1 Å². The number of hydrogen-bond acceptors (Lipinski definition) is 9. The Bertz CT molecular complexity index is 2010. The van der Waals surface area contributed by atoms with Gasteiger partial charge in [-0.2, -0.15) is 0 Å². The summed E-state index contributed by atoms with van der Waals surface area (Å²) in [5, 5.41) is 1.02. The Kier molecular flexibility index (Phi) is 10.8. The number of nitrogens with zero attached hydrogens (tertiary/aromatic N) is 2. The average Bonchev–Trinajstić information content (AvgIpc) is 3.35. The molecule has 5 rings (SSSR count). The Labute approximate surface area is 287 Å². The third-order valence-electron chi connectivity index (χ3n) is 6.94. The molecular weight excluding hydrogens is 719 g/mol. The van der Waals surface area contributed by atoms with Crippen LogP contribution in [0.25, 0.3) is 6.08 Å². The Morgan fingerprint density at radius 2 is 1.76 bits per heavy atom. The minimum Gasteiger partial charge on any atom is -0.493 e. The van der Waals surface area contributed by atoms with E-state index in [0.717, 1.165) is 5.56 Å². The molecule has 0 amide bonds. The van der Waals surface area contributed by atoms with Crippen molar-refractivity contribution in [3.8, 4) is 23.0 Å². The van der Waals surface area contributed by atoms with E-state index in [1.54, 1.807) is 48.5 Å². The Morgan fingerprint density at radius 3 is 2.46 bits per heavy atom. The zero-order valence-electron chi connectivity index (χ0n) is 25.3. The van der Waals surface area contributed by atoms with Crippen molar-refractivity contribution < 1.29 is 28.5 Å². The van der Waals surface area contributed by atoms with Crippen LogP contribution in [0, 0.1) is 0 Å². The molecule has 0 radical (unpaired) electrons. The van der Waals surface area contributed by atoms with Gasteiger partial charge in [-0.25, -0.2) is 9.79 Å². The van der Waals surface area contributed by atoms with Crippen molar-refractivity contribution in [2.45, 2.75) is 26.5 Å². The molecule has 0 saturated heterocycles. The number of carbonyl (C=O) groups excluding carboxylic acids is 1. The first-order chi connectivity index (χ1) is 22.2. The van der Waals surface area contributed by atoms with Gasteiger partial charge in [0.2, 0.25) is 0 Å². The molecule has 1 atom stereocenters. The lowest BCUT2D eigenvalue weighted by atomic mass is 9.97. The summed E-state index contributed by atoms with van der Waals surface area (Å²) in [6, 6.07) is 13.3. The molecule has 0 unspecified atom stereocenters. The fourth-order valence-corrected chi connectivity index (χ4v) is 6.90. The van der Waals surface area contributed by atoms with Crippen molar-refractivity contribution in [1.29, 1.82) is 0 Å². The molecule has 0 spiro atoms. The molecule has 2 heterocycles. The first-order valence-corrected chi connectivity index (χ1v) is 16.5. The number of fused-ring (bicyclic) bond motifs is 1. The summed E-state index contributed by atoms with van der Waals surface area (Å²) in [6.45, 7) is 4.79. The lowest BCUT2D eigenvalue weighted by molar-refractivity contribution is -0.136. The molecule has 13 heteroatoms. The van der Waals surface area contributed by atoms with E-state index >= 15 is 0 Å². The predicted molar refractivity (Wildman–Crippen MR) is 181 cm³/mol. The molecule has 0 saturated carbocycles. The first kappa shape index (κ1) is 33.6. The van der Waals surface area contributed by atoms with E-state index in [4.69, 9.17) is 46.9 Å². The van der Waals surface area contributed by atoms with Crippen molar-refractivity contribution in [1.82, 2.24) is 4.57 Å². The second-order valence-corrected chi connectivity index (χ2v) is 12.5. The average molecular weight is 748 g/mol. The van der Waals surface area contributed by atoms with Crippen molar-refractivity contribution in [3.63, 3.8) is 0 Å². The highest BCUT2D eigenvalue weighted by molar-refractivity contribution is 9.10. The van der Waals surface area contributed by atoms with Gasteiger partial charge in [-0.15, -0.1) is 0 Å². The van der Waals surface area contributed by atoms with Crippen LogP contribution >= 0.6 is 50.5 Å². The predicted octanol–water partition coefficient (Wildman–Crippen LogP) is 6.47. The van der Waals surface area contributed by atoms with Gasteiger partial charge in [0.1, 0.15) is 6.61 Å². The van der Waals surface area contributed by atoms with E-state index in [1.165, 1.54) is 36.3 Å². The number of hydrogen-bond donors (Lipinski definition) is 0. The molecule has 4 aromatic rings. The third-order valence-corrected chi connectivity index (χ3v) is 9.12. The van der Waals surface area contributed by atoms with E-state index < -0.39 is 12.0 Å². The summed E-state index contributed by atoms with van der Waals surface area (Å²) >= 11 is 17.1. The number of methoxy groups -OCH3 is 2. The van der Waals surface area contributed by atoms with Gasteiger partial charge < -0.3 is 23.7 Å². The Balaban J connectivity index is 1.56. The summed E-state index contributed by atoms with van der Waals surface area (Å²) in [7, 11) is 2.82. The minimum atomic E-state index is -0.808. The standard InChI is InChI=1S/C33H29BrCl2N2O7S/c1-5-43-25-10-8-19(14-26(25)44-6-2)29-22(32(40)42-4)16-37-33-38(29)31(39)28(46-33)13-18-11-23(34)30(27(12-18)41-3)45-17-20-7-9-21(35)15-24(20)36/h7-16,29H,5-6,17H2,1-4H3/b28-13-/t29-/m1/s1. The monoisotopic (exact) mass is 746 g/mol. The van der Waals surface area contributed by atoms with E-state index in [1.807, 2.05) is 19.9 Å². The molecule has 1 aliphatic rings. The number of ether oxygens (including phenoxy) is 5. The van der Waals surface area contributed by atoms with Crippen molar-refractivity contribution in [3.05, 3.63) is 111 Å². The Hall–Kier alpha value is -3.77. The molecule has 1 aromatic heterocycles. The summed E-state index contributed by atoms with van der Waals surface area (Å²) in [6.07, 6.45) is 3.18. The lowest BCUT2D eigenvalue weighted by Gasteiger charge is -2.23. The fourth-order valence-electron chi connectivity index (χ4n) is 4.89. The normalized spacial score (nSPS) is 14.2. The molecule has 0 N–H and O–H groups in total. The van der Waals surface area contributed by atoms with Gasteiger partial charge in [0.25, 0.3) is 5.56 Å². The molecule has 3 aromatic carbocycles. The number of benzene rings is 3. The van der Waals surface area contributed by atoms with Crippen LogP contribution in [0.3, 0.4) is 0 Å². The summed E-state index contributed by atoms with van der Waals surface area (Å²) in [4.78, 5) is 31.8. The molecule has 240 valence electrons. The van der Waals surface area contributed by atoms with Crippen molar-refractivity contribution >= 4 is 62.5 Å². The molecule has 0 fully saturated rings. The van der Waals surface area contributed by atoms with Crippen LogP contribution < -0.4 is 33.8 Å². The van der Waals surface area contributed by atoms with Gasteiger partial charge in [0.15, 0.2) is 27.8 Å². The maximum atomic E-state index is 14.0. The zero-order chi connectivity index (χ0) is 33.0. The summed E-state index contributed by atoms with van der Waals surface area (Å²) in [5.41, 5.74) is 1.95. The molecule has 0 aliphatic carbocycles.